The van der Waals surface area contributed by atoms with E-state index in [0.717, 1.165) is 38.0 Å². The van der Waals surface area contributed by atoms with Gasteiger partial charge in [0.05, 0.1) is 17.9 Å². The Morgan fingerprint density at radius 2 is 2.04 bits per heavy atom. The number of likely N-dealkylation sites (tertiary alicyclic amines) is 1. The second kappa shape index (κ2) is 8.57. The minimum Gasteiger partial charge on any atom is -0.480 e. The second-order valence-corrected chi connectivity index (χ2v) is 7.53. The minimum atomic E-state index is -1.14. The standard InChI is InChI=1S/C17H23BCl2N2O2/c18-6-2-1-5-17(21,16(23)24)8-13-10-22(11-13)9-12-3-4-14(19)15(20)7-12/h3-4,7,13H,1-2,5-6,8-11,21H2,(H,23,24). The molecule has 0 aliphatic carbocycles. The molecule has 1 heterocycles. The third-order valence-corrected chi connectivity index (χ3v) is 5.32. The lowest BCUT2D eigenvalue weighted by atomic mass is 9.80. The number of unbranched alkanes of at least 4 members (excludes halogenated alkanes) is 1. The van der Waals surface area contributed by atoms with Crippen LogP contribution in [-0.4, -0.2) is 42.5 Å². The van der Waals surface area contributed by atoms with Crippen molar-refractivity contribution < 1.29 is 9.90 Å². The number of carboxylic acid groups (broad SMARTS) is 1. The van der Waals surface area contributed by atoms with Gasteiger partial charge in [-0.1, -0.05) is 48.4 Å². The predicted octanol–water partition coefficient (Wildman–Crippen LogP) is 3.35. The monoisotopic (exact) mass is 368 g/mol. The lowest BCUT2D eigenvalue weighted by Crippen LogP contribution is -2.55. The smallest absolute Gasteiger partial charge is 0.323 e. The molecule has 1 aliphatic rings. The van der Waals surface area contributed by atoms with E-state index in [4.69, 9.17) is 36.8 Å². The van der Waals surface area contributed by atoms with Crippen molar-refractivity contribution in [3.05, 3.63) is 33.8 Å². The van der Waals surface area contributed by atoms with Gasteiger partial charge >= 0.3 is 5.97 Å². The van der Waals surface area contributed by atoms with Gasteiger partial charge in [0.15, 0.2) is 0 Å². The number of benzene rings is 1. The average molecular weight is 369 g/mol. The van der Waals surface area contributed by atoms with Gasteiger partial charge in [-0.2, -0.15) is 0 Å². The van der Waals surface area contributed by atoms with E-state index in [-0.39, 0.29) is 0 Å². The number of carboxylic acids is 1. The Bertz CT molecular complexity index is 582. The fourth-order valence-corrected chi connectivity index (χ4v) is 3.55. The molecule has 1 aliphatic heterocycles. The largest absolute Gasteiger partial charge is 0.480 e. The van der Waals surface area contributed by atoms with Crippen LogP contribution in [0.2, 0.25) is 16.4 Å². The maximum atomic E-state index is 11.5. The maximum Gasteiger partial charge on any atom is 0.323 e. The maximum absolute atomic E-state index is 11.5. The summed E-state index contributed by atoms with van der Waals surface area (Å²) < 4.78 is 0. The topological polar surface area (TPSA) is 66.6 Å². The van der Waals surface area contributed by atoms with E-state index in [1.54, 1.807) is 6.07 Å². The molecule has 130 valence electrons. The van der Waals surface area contributed by atoms with E-state index in [2.05, 4.69) is 4.90 Å². The van der Waals surface area contributed by atoms with Crippen LogP contribution >= 0.6 is 23.2 Å². The Kier molecular flexibility index (Phi) is 6.99. The Morgan fingerprint density at radius 3 is 2.62 bits per heavy atom. The van der Waals surface area contributed by atoms with Crippen LogP contribution < -0.4 is 5.73 Å². The van der Waals surface area contributed by atoms with Crippen molar-refractivity contribution in [3.63, 3.8) is 0 Å². The highest BCUT2D eigenvalue weighted by molar-refractivity contribution is 6.42. The fourth-order valence-electron chi connectivity index (χ4n) is 3.23. The van der Waals surface area contributed by atoms with Gasteiger partial charge in [0.2, 0.25) is 0 Å². The molecule has 24 heavy (non-hydrogen) atoms. The van der Waals surface area contributed by atoms with E-state index >= 15 is 0 Å². The molecule has 0 aromatic heterocycles. The average Bonchev–Trinajstić information content (AvgIpc) is 2.49. The number of rotatable bonds is 9. The molecule has 2 radical (unpaired) electrons. The third-order valence-electron chi connectivity index (χ3n) is 4.58. The molecule has 1 unspecified atom stereocenters. The molecule has 0 bridgehead atoms. The Labute approximate surface area is 154 Å². The summed E-state index contributed by atoms with van der Waals surface area (Å²) in [5, 5.41) is 10.6. The number of halogens is 2. The molecule has 1 aromatic carbocycles. The van der Waals surface area contributed by atoms with Crippen LogP contribution in [0.4, 0.5) is 0 Å². The molecule has 0 amide bonds. The summed E-state index contributed by atoms with van der Waals surface area (Å²) in [6, 6.07) is 5.62. The number of hydrogen-bond donors (Lipinski definition) is 2. The first-order valence-electron chi connectivity index (χ1n) is 8.22. The van der Waals surface area contributed by atoms with Crippen LogP contribution in [0.15, 0.2) is 18.2 Å². The van der Waals surface area contributed by atoms with Gasteiger partial charge in [0.25, 0.3) is 0 Å². The highest BCUT2D eigenvalue weighted by atomic mass is 35.5. The zero-order chi connectivity index (χ0) is 17.7. The van der Waals surface area contributed by atoms with Crippen molar-refractivity contribution in [1.82, 2.24) is 4.90 Å². The predicted molar refractivity (Wildman–Crippen MR) is 98.8 cm³/mol. The van der Waals surface area contributed by atoms with Gasteiger partial charge in [-0.15, -0.1) is 0 Å². The fraction of sp³-hybridized carbons (Fsp3) is 0.588. The van der Waals surface area contributed by atoms with Crippen LogP contribution in [0.25, 0.3) is 0 Å². The van der Waals surface area contributed by atoms with Crippen molar-refractivity contribution in [2.24, 2.45) is 11.7 Å². The number of nitrogens with two attached hydrogens (primary N) is 1. The first kappa shape index (κ1) is 19.6. The van der Waals surface area contributed by atoms with E-state index in [9.17, 15) is 9.90 Å². The molecule has 7 heteroatoms. The quantitative estimate of drug-likeness (QED) is 0.518. The van der Waals surface area contributed by atoms with E-state index in [0.29, 0.717) is 35.1 Å². The molecule has 4 nitrogen and oxygen atoms in total. The van der Waals surface area contributed by atoms with Crippen LogP contribution in [0.1, 0.15) is 31.2 Å². The molecule has 1 atom stereocenters. The summed E-state index contributed by atoms with van der Waals surface area (Å²) in [6.45, 7) is 2.48. The van der Waals surface area contributed by atoms with Gasteiger partial charge in [-0.05, 0) is 36.5 Å². The second-order valence-electron chi connectivity index (χ2n) is 6.72. The van der Waals surface area contributed by atoms with Crippen molar-refractivity contribution in [1.29, 1.82) is 0 Å². The molecule has 1 aromatic rings. The minimum absolute atomic E-state index is 0.312. The lowest BCUT2D eigenvalue weighted by molar-refractivity contribution is -0.145. The first-order valence-corrected chi connectivity index (χ1v) is 8.98. The van der Waals surface area contributed by atoms with Gasteiger partial charge < -0.3 is 10.8 Å². The Balaban J connectivity index is 1.82. The van der Waals surface area contributed by atoms with Crippen molar-refractivity contribution in [2.45, 2.75) is 44.1 Å². The van der Waals surface area contributed by atoms with E-state index < -0.39 is 11.5 Å². The van der Waals surface area contributed by atoms with Crippen LogP contribution in [0, 0.1) is 5.92 Å². The van der Waals surface area contributed by atoms with Gasteiger partial charge in [-0.3, -0.25) is 9.69 Å². The highest BCUT2D eigenvalue weighted by Gasteiger charge is 2.39. The third kappa shape index (κ3) is 5.12. The van der Waals surface area contributed by atoms with Crippen molar-refractivity contribution in [3.8, 4) is 0 Å². The van der Waals surface area contributed by atoms with Crippen LogP contribution in [0.3, 0.4) is 0 Å². The van der Waals surface area contributed by atoms with Gasteiger partial charge in [0, 0.05) is 19.6 Å². The van der Waals surface area contributed by atoms with Crippen LogP contribution in [0.5, 0.6) is 0 Å². The molecule has 1 saturated heterocycles. The van der Waals surface area contributed by atoms with E-state index in [1.807, 2.05) is 12.1 Å². The van der Waals surface area contributed by atoms with Crippen molar-refractivity contribution in [2.75, 3.05) is 13.1 Å². The highest BCUT2D eigenvalue weighted by Crippen LogP contribution is 2.30. The molecule has 3 N–H and O–H groups in total. The molecular weight excluding hydrogens is 346 g/mol. The number of carbonyl (C=O) groups is 1. The Morgan fingerprint density at radius 1 is 1.33 bits per heavy atom. The summed E-state index contributed by atoms with van der Waals surface area (Å²) in [5.74, 6) is -0.603. The summed E-state index contributed by atoms with van der Waals surface area (Å²) >= 11 is 11.9. The zero-order valence-corrected chi connectivity index (χ0v) is 15.2. The number of hydrogen-bond acceptors (Lipinski definition) is 3. The van der Waals surface area contributed by atoms with Crippen LogP contribution in [-0.2, 0) is 11.3 Å². The molecule has 1 fully saturated rings. The van der Waals surface area contributed by atoms with Crippen molar-refractivity contribution >= 4 is 37.0 Å². The molecule has 0 saturated carbocycles. The first-order chi connectivity index (χ1) is 11.3. The Hall–Kier alpha value is -0.745. The number of nitrogens with zero attached hydrogens (tertiary/aromatic N) is 1. The lowest BCUT2D eigenvalue weighted by Gasteiger charge is -2.42. The normalized spacial score (nSPS) is 18.1. The summed E-state index contributed by atoms with van der Waals surface area (Å²) in [7, 11) is 5.47. The summed E-state index contributed by atoms with van der Waals surface area (Å²) in [5.41, 5.74) is 6.09. The van der Waals surface area contributed by atoms with E-state index in [1.165, 1.54) is 0 Å². The number of aliphatic carboxylic acids is 1. The SMILES string of the molecule is [B]CCCCC(N)(CC1CN(Cc2ccc(Cl)c(Cl)c2)C1)C(=O)O. The van der Waals surface area contributed by atoms with Gasteiger partial charge in [0.1, 0.15) is 5.54 Å². The molecule has 2 rings (SSSR count). The summed E-state index contributed by atoms with van der Waals surface area (Å²) in [6.07, 6.45) is 3.10. The van der Waals surface area contributed by atoms with Gasteiger partial charge in [-0.25, -0.2) is 0 Å². The molecular formula is C17H23BCl2N2O2. The molecule has 0 spiro atoms. The summed E-state index contributed by atoms with van der Waals surface area (Å²) in [4.78, 5) is 13.8. The zero-order valence-electron chi connectivity index (χ0n) is 13.7.